The first-order valence-corrected chi connectivity index (χ1v) is 3.43. The third-order valence-corrected chi connectivity index (χ3v) is 1.33. The standard InChI is InChI=1S/C7H11F4/c1-2-5(8)6(9)3-4-7(10)11/h5-7H,1-4H2/t5?,6-/m0/s1. The van der Waals surface area contributed by atoms with Crippen molar-refractivity contribution in [3.05, 3.63) is 6.92 Å². The molecule has 0 saturated heterocycles. The van der Waals surface area contributed by atoms with Crippen molar-refractivity contribution in [1.82, 2.24) is 0 Å². The highest BCUT2D eigenvalue weighted by Crippen LogP contribution is 2.15. The molecule has 0 N–H and O–H groups in total. The molecule has 0 aromatic heterocycles. The maximum absolute atomic E-state index is 12.4. The van der Waals surface area contributed by atoms with Gasteiger partial charge in [-0.3, -0.25) is 0 Å². The van der Waals surface area contributed by atoms with Gasteiger partial charge in [0, 0.05) is 6.42 Å². The molecule has 0 aromatic carbocycles. The van der Waals surface area contributed by atoms with E-state index in [0.717, 1.165) is 0 Å². The molecule has 0 aliphatic heterocycles. The Kier molecular flexibility index (Phi) is 5.24. The summed E-state index contributed by atoms with van der Waals surface area (Å²) in [6, 6.07) is 0. The lowest BCUT2D eigenvalue weighted by Crippen LogP contribution is -2.17. The van der Waals surface area contributed by atoms with Crippen LogP contribution in [0.4, 0.5) is 17.6 Å². The van der Waals surface area contributed by atoms with Crippen LogP contribution >= 0.6 is 0 Å². The van der Waals surface area contributed by atoms with Crippen molar-refractivity contribution in [2.75, 3.05) is 0 Å². The van der Waals surface area contributed by atoms with E-state index in [-0.39, 0.29) is 6.42 Å². The highest BCUT2D eigenvalue weighted by molar-refractivity contribution is 4.69. The topological polar surface area (TPSA) is 0 Å². The van der Waals surface area contributed by atoms with Crippen molar-refractivity contribution in [3.8, 4) is 0 Å². The summed E-state index contributed by atoms with van der Waals surface area (Å²) in [5.41, 5.74) is 0. The number of hydrogen-bond donors (Lipinski definition) is 0. The van der Waals surface area contributed by atoms with Crippen LogP contribution < -0.4 is 0 Å². The Hall–Kier alpha value is -0.280. The minimum absolute atomic E-state index is 0.204. The Morgan fingerprint density at radius 2 is 1.45 bits per heavy atom. The first kappa shape index (κ1) is 10.7. The average Bonchev–Trinajstić information content (AvgIpc) is 1.98. The summed E-state index contributed by atoms with van der Waals surface area (Å²) >= 11 is 0. The van der Waals surface area contributed by atoms with Crippen molar-refractivity contribution in [2.24, 2.45) is 0 Å². The molecule has 0 rings (SSSR count). The highest BCUT2D eigenvalue weighted by atomic mass is 19.3. The maximum atomic E-state index is 12.4. The Bertz CT molecular complexity index is 94.4. The zero-order valence-electron chi connectivity index (χ0n) is 6.07. The van der Waals surface area contributed by atoms with Gasteiger partial charge in [-0.25, -0.2) is 17.6 Å². The van der Waals surface area contributed by atoms with Gasteiger partial charge in [0.2, 0.25) is 6.43 Å². The summed E-state index contributed by atoms with van der Waals surface area (Å²) in [5, 5.41) is 0. The van der Waals surface area contributed by atoms with E-state index in [9.17, 15) is 17.6 Å². The molecule has 2 atom stereocenters. The van der Waals surface area contributed by atoms with Gasteiger partial charge in [-0.05, 0) is 12.8 Å². The minimum atomic E-state index is -2.55. The molecular weight excluding hydrogens is 160 g/mol. The Morgan fingerprint density at radius 3 is 1.82 bits per heavy atom. The lowest BCUT2D eigenvalue weighted by molar-refractivity contribution is 0.0981. The quantitative estimate of drug-likeness (QED) is 0.558. The lowest BCUT2D eigenvalue weighted by Gasteiger charge is -2.10. The van der Waals surface area contributed by atoms with E-state index < -0.39 is 31.6 Å². The molecule has 0 aromatic rings. The molecule has 0 amide bonds. The van der Waals surface area contributed by atoms with Gasteiger partial charge in [-0.15, -0.1) is 0 Å². The number of hydrogen-bond acceptors (Lipinski definition) is 0. The third kappa shape index (κ3) is 5.04. The second-order valence-corrected chi connectivity index (χ2v) is 2.29. The van der Waals surface area contributed by atoms with Gasteiger partial charge in [0.25, 0.3) is 0 Å². The number of halogens is 4. The molecule has 0 nitrogen and oxygen atoms in total. The average molecular weight is 171 g/mol. The van der Waals surface area contributed by atoms with E-state index >= 15 is 0 Å². The highest BCUT2D eigenvalue weighted by Gasteiger charge is 2.19. The van der Waals surface area contributed by atoms with Crippen LogP contribution in [-0.2, 0) is 0 Å². The van der Waals surface area contributed by atoms with Crippen LogP contribution in [0.15, 0.2) is 0 Å². The summed E-state index contributed by atoms with van der Waals surface area (Å²) in [7, 11) is 0. The summed E-state index contributed by atoms with van der Waals surface area (Å²) in [5.74, 6) is 0. The predicted octanol–water partition coefficient (Wildman–Crippen LogP) is 2.93. The van der Waals surface area contributed by atoms with E-state index in [1.54, 1.807) is 0 Å². The van der Waals surface area contributed by atoms with Crippen LogP contribution in [0.3, 0.4) is 0 Å². The molecule has 0 aliphatic carbocycles. The molecule has 0 saturated carbocycles. The third-order valence-electron chi connectivity index (χ3n) is 1.33. The van der Waals surface area contributed by atoms with Crippen molar-refractivity contribution in [3.63, 3.8) is 0 Å². The molecular formula is C7H11F4. The van der Waals surface area contributed by atoms with Crippen molar-refractivity contribution in [2.45, 2.75) is 38.0 Å². The van der Waals surface area contributed by atoms with Crippen LogP contribution in [0.5, 0.6) is 0 Å². The van der Waals surface area contributed by atoms with E-state index in [2.05, 4.69) is 6.92 Å². The minimum Gasteiger partial charge on any atom is -0.244 e. The van der Waals surface area contributed by atoms with Crippen LogP contribution in [0.25, 0.3) is 0 Å². The van der Waals surface area contributed by atoms with Crippen molar-refractivity contribution < 1.29 is 17.6 Å². The molecule has 1 radical (unpaired) electrons. The van der Waals surface area contributed by atoms with Gasteiger partial charge in [0.15, 0.2) is 0 Å². The maximum Gasteiger partial charge on any atom is 0.238 e. The van der Waals surface area contributed by atoms with Gasteiger partial charge in [0.05, 0.1) is 0 Å². The SMILES string of the molecule is [CH2]CC(F)[C@@H](F)CCC(F)F. The fourth-order valence-electron chi connectivity index (χ4n) is 0.647. The second kappa shape index (κ2) is 5.38. The monoisotopic (exact) mass is 171 g/mol. The zero-order valence-corrected chi connectivity index (χ0v) is 6.07. The van der Waals surface area contributed by atoms with Crippen LogP contribution in [0.1, 0.15) is 19.3 Å². The predicted molar refractivity (Wildman–Crippen MR) is 35.0 cm³/mol. The zero-order chi connectivity index (χ0) is 8.85. The summed E-state index contributed by atoms with van der Waals surface area (Å²) in [4.78, 5) is 0. The molecule has 0 fully saturated rings. The number of alkyl halides is 4. The number of rotatable bonds is 5. The van der Waals surface area contributed by atoms with Gasteiger partial charge in [-0.1, -0.05) is 6.92 Å². The molecule has 4 heteroatoms. The second-order valence-electron chi connectivity index (χ2n) is 2.29. The van der Waals surface area contributed by atoms with E-state index in [0.29, 0.717) is 0 Å². The lowest BCUT2D eigenvalue weighted by atomic mass is 10.1. The molecule has 11 heavy (non-hydrogen) atoms. The summed E-state index contributed by atoms with van der Waals surface area (Å²) in [6.07, 6.45) is -7.25. The molecule has 0 bridgehead atoms. The fraction of sp³-hybridized carbons (Fsp3) is 0.857. The Morgan fingerprint density at radius 1 is 0.909 bits per heavy atom. The first-order valence-electron chi connectivity index (χ1n) is 3.43. The fourth-order valence-corrected chi connectivity index (χ4v) is 0.647. The largest absolute Gasteiger partial charge is 0.244 e. The van der Waals surface area contributed by atoms with Crippen molar-refractivity contribution >= 4 is 0 Å². The van der Waals surface area contributed by atoms with E-state index in [4.69, 9.17) is 0 Å². The summed E-state index contributed by atoms with van der Waals surface area (Å²) < 4.78 is 47.6. The van der Waals surface area contributed by atoms with Crippen LogP contribution in [0.2, 0.25) is 0 Å². The Balaban J connectivity index is 3.43. The molecule has 0 aliphatic rings. The first-order chi connectivity index (χ1) is 5.07. The van der Waals surface area contributed by atoms with Gasteiger partial charge in [-0.2, -0.15) is 0 Å². The van der Waals surface area contributed by atoms with Gasteiger partial charge >= 0.3 is 0 Å². The van der Waals surface area contributed by atoms with Gasteiger partial charge in [0.1, 0.15) is 12.3 Å². The Labute approximate surface area is 63.6 Å². The van der Waals surface area contributed by atoms with Gasteiger partial charge < -0.3 is 0 Å². The van der Waals surface area contributed by atoms with Crippen LogP contribution in [0, 0.1) is 6.92 Å². The van der Waals surface area contributed by atoms with Crippen LogP contribution in [-0.4, -0.2) is 18.8 Å². The van der Waals surface area contributed by atoms with Crippen molar-refractivity contribution in [1.29, 1.82) is 0 Å². The molecule has 1 unspecified atom stereocenters. The summed E-state index contributed by atoms with van der Waals surface area (Å²) in [6.45, 7) is 3.13. The molecule has 67 valence electrons. The van der Waals surface area contributed by atoms with E-state index in [1.165, 1.54) is 0 Å². The van der Waals surface area contributed by atoms with E-state index in [1.807, 2.05) is 0 Å². The smallest absolute Gasteiger partial charge is 0.238 e. The normalized spacial score (nSPS) is 16.9. The molecule has 0 spiro atoms. The molecule has 0 heterocycles.